The Kier molecular flexibility index (Phi) is 10.2. The van der Waals surface area contributed by atoms with E-state index in [0.717, 1.165) is 27.6 Å². The second kappa shape index (κ2) is 15.0. The predicted octanol–water partition coefficient (Wildman–Crippen LogP) is 8.69. The van der Waals surface area contributed by atoms with Crippen LogP contribution in [0.4, 0.5) is 11.4 Å². The van der Waals surface area contributed by atoms with E-state index in [1.165, 1.54) is 7.11 Å². The summed E-state index contributed by atoms with van der Waals surface area (Å²) in [6.45, 7) is 0.341. The molecule has 0 bridgehead atoms. The third-order valence-corrected chi connectivity index (χ3v) is 9.25. The largest absolute Gasteiger partial charge is 0.768 e. The molecule has 0 saturated carbocycles. The average molecular weight is 653 g/mol. The van der Waals surface area contributed by atoms with E-state index in [4.69, 9.17) is 4.74 Å². The van der Waals surface area contributed by atoms with Crippen molar-refractivity contribution >= 4 is 45.0 Å². The van der Waals surface area contributed by atoms with Crippen LogP contribution in [0.3, 0.4) is 0 Å². The molecule has 0 amide bonds. The van der Waals surface area contributed by atoms with Crippen LogP contribution in [0.1, 0.15) is 27.9 Å². The number of esters is 1. The lowest BCUT2D eigenvalue weighted by molar-refractivity contribution is -0.145. The zero-order valence-corrected chi connectivity index (χ0v) is 27.3. The SMILES string of the molecule is COC(=O)C(CC(=O)c1cccc(N(Cc2ccc(-c3ccccc3)cc2)c2ccc3ccccc3c2S(=O)[O-])c1)Cc1ccccc1. The predicted molar refractivity (Wildman–Crippen MR) is 190 cm³/mol. The van der Waals surface area contributed by atoms with Crippen molar-refractivity contribution in [2.45, 2.75) is 24.3 Å². The van der Waals surface area contributed by atoms with Gasteiger partial charge in [0.05, 0.1) is 23.6 Å². The number of methoxy groups -OCH3 is 1. The molecule has 0 heterocycles. The number of ether oxygens (including phenoxy) is 1. The average Bonchev–Trinajstić information content (AvgIpc) is 3.13. The minimum atomic E-state index is -2.55. The maximum atomic E-state index is 13.7. The van der Waals surface area contributed by atoms with Gasteiger partial charge in [0.1, 0.15) is 0 Å². The standard InChI is InChI=1S/C41H35NO5S/c1-47-41(44)35(25-29-11-4-2-5-12-29)27-39(43)34-16-10-17-36(26-34)42(28-30-19-21-32(22-20-30)31-13-6-3-7-14-31)38-24-23-33-15-8-9-18-37(33)40(38)48(45)46/h2-24,26,35H,25,27-28H2,1H3,(H,45,46)/p-1. The molecule has 6 nitrogen and oxygen atoms in total. The molecule has 2 atom stereocenters. The van der Waals surface area contributed by atoms with Crippen molar-refractivity contribution < 1.29 is 23.1 Å². The van der Waals surface area contributed by atoms with E-state index in [2.05, 4.69) is 24.3 Å². The second-order valence-corrected chi connectivity index (χ2v) is 12.5. The highest BCUT2D eigenvalue weighted by Gasteiger charge is 2.25. The van der Waals surface area contributed by atoms with Crippen molar-refractivity contribution in [3.05, 3.63) is 162 Å². The molecule has 0 N–H and O–H groups in total. The van der Waals surface area contributed by atoms with Gasteiger partial charge in [-0.2, -0.15) is 0 Å². The van der Waals surface area contributed by atoms with Crippen molar-refractivity contribution in [3.63, 3.8) is 0 Å². The molecule has 0 spiro atoms. The van der Waals surface area contributed by atoms with Gasteiger partial charge in [-0.3, -0.25) is 13.8 Å². The first-order chi connectivity index (χ1) is 23.4. The summed E-state index contributed by atoms with van der Waals surface area (Å²) in [4.78, 5) is 28.6. The molecule has 240 valence electrons. The van der Waals surface area contributed by atoms with Gasteiger partial charge in [-0.15, -0.1) is 0 Å². The van der Waals surface area contributed by atoms with Gasteiger partial charge in [-0.25, -0.2) is 0 Å². The molecule has 6 aromatic carbocycles. The first kappa shape index (κ1) is 32.6. The number of Topliss-reactive ketones (excluding diaryl/α,β-unsaturated/α-hetero) is 1. The Hall–Kier alpha value is -5.37. The van der Waals surface area contributed by atoms with Crippen molar-refractivity contribution in [1.29, 1.82) is 0 Å². The highest BCUT2D eigenvalue weighted by Crippen LogP contribution is 2.37. The molecule has 6 rings (SSSR count). The summed E-state index contributed by atoms with van der Waals surface area (Å²) in [7, 11) is 1.33. The van der Waals surface area contributed by atoms with E-state index >= 15 is 0 Å². The van der Waals surface area contributed by atoms with Crippen LogP contribution in [-0.2, 0) is 33.6 Å². The number of hydrogen-bond donors (Lipinski definition) is 0. The van der Waals surface area contributed by atoms with E-state index in [1.807, 2.05) is 102 Å². The minimum Gasteiger partial charge on any atom is -0.768 e. The number of carbonyl (C=O) groups is 2. The molecule has 0 aliphatic carbocycles. The minimum absolute atomic E-state index is 0.0300. The monoisotopic (exact) mass is 652 g/mol. The molecule has 0 saturated heterocycles. The molecule has 7 heteroatoms. The first-order valence-corrected chi connectivity index (χ1v) is 16.8. The number of ketones is 1. The number of rotatable bonds is 12. The summed E-state index contributed by atoms with van der Waals surface area (Å²) < 4.78 is 30.7. The van der Waals surface area contributed by atoms with Gasteiger partial charge in [0, 0.05) is 24.2 Å². The van der Waals surface area contributed by atoms with E-state index in [1.54, 1.807) is 24.3 Å². The van der Waals surface area contributed by atoms with Crippen LogP contribution in [0.15, 0.2) is 150 Å². The van der Waals surface area contributed by atoms with Crippen LogP contribution in [0.5, 0.6) is 0 Å². The van der Waals surface area contributed by atoms with Crippen LogP contribution in [0, 0.1) is 5.92 Å². The number of hydrogen-bond acceptors (Lipinski definition) is 6. The van der Waals surface area contributed by atoms with Crippen molar-refractivity contribution in [1.82, 2.24) is 0 Å². The van der Waals surface area contributed by atoms with E-state index in [0.29, 0.717) is 35.3 Å². The second-order valence-electron chi connectivity index (χ2n) is 11.6. The Morgan fingerprint density at radius 1 is 0.729 bits per heavy atom. The van der Waals surface area contributed by atoms with Gasteiger partial charge < -0.3 is 14.2 Å². The van der Waals surface area contributed by atoms with E-state index < -0.39 is 23.0 Å². The fraction of sp³-hybridized carbons (Fsp3) is 0.122. The molecule has 6 aromatic rings. The maximum Gasteiger partial charge on any atom is 0.309 e. The fourth-order valence-corrected chi connectivity index (χ4v) is 6.76. The van der Waals surface area contributed by atoms with Gasteiger partial charge in [0.15, 0.2) is 5.78 Å². The Balaban J connectivity index is 1.38. The summed E-state index contributed by atoms with van der Waals surface area (Å²) >= 11 is -2.55. The molecule has 0 radical (unpaired) electrons. The summed E-state index contributed by atoms with van der Waals surface area (Å²) in [6, 6.07) is 46.0. The number of carbonyl (C=O) groups excluding carboxylic acids is 2. The van der Waals surface area contributed by atoms with Gasteiger partial charge in [0.2, 0.25) is 0 Å². The normalized spacial score (nSPS) is 12.3. The summed E-state index contributed by atoms with van der Waals surface area (Å²) in [5, 5.41) is 1.42. The highest BCUT2D eigenvalue weighted by atomic mass is 32.2. The number of benzene rings is 6. The van der Waals surface area contributed by atoms with Crippen molar-refractivity contribution in [3.8, 4) is 11.1 Å². The lowest BCUT2D eigenvalue weighted by Crippen LogP contribution is -2.23. The van der Waals surface area contributed by atoms with Crippen LogP contribution < -0.4 is 4.90 Å². The quantitative estimate of drug-likeness (QED) is 0.0747. The Labute approximate surface area is 282 Å². The topological polar surface area (TPSA) is 86.7 Å². The number of nitrogens with zero attached hydrogens (tertiary/aromatic N) is 1. The smallest absolute Gasteiger partial charge is 0.309 e. The highest BCUT2D eigenvalue weighted by molar-refractivity contribution is 7.79. The number of fused-ring (bicyclic) bond motifs is 1. The molecular weight excluding hydrogens is 619 g/mol. The van der Waals surface area contributed by atoms with Crippen LogP contribution in [-0.4, -0.2) is 27.6 Å². The van der Waals surface area contributed by atoms with Crippen molar-refractivity contribution in [2.75, 3.05) is 12.0 Å². The summed E-state index contributed by atoms with van der Waals surface area (Å²) in [5.41, 5.74) is 5.63. The third kappa shape index (κ3) is 7.44. The van der Waals surface area contributed by atoms with Gasteiger partial charge in [-0.05, 0) is 68.7 Å². The maximum absolute atomic E-state index is 13.7. The molecule has 0 aromatic heterocycles. The van der Waals surface area contributed by atoms with E-state index in [-0.39, 0.29) is 17.1 Å². The molecule has 0 fully saturated rings. The first-order valence-electron chi connectivity index (χ1n) is 15.7. The summed E-state index contributed by atoms with van der Waals surface area (Å²) in [5.74, 6) is -1.30. The molecule has 0 aliphatic heterocycles. The Morgan fingerprint density at radius 2 is 1.40 bits per heavy atom. The lowest BCUT2D eigenvalue weighted by atomic mass is 9.92. The van der Waals surface area contributed by atoms with Crippen LogP contribution >= 0.6 is 0 Å². The molecular formula is C41H34NO5S-. The van der Waals surface area contributed by atoms with Crippen molar-refractivity contribution in [2.24, 2.45) is 5.92 Å². The Bertz CT molecular complexity index is 2060. The van der Waals surface area contributed by atoms with E-state index in [9.17, 15) is 18.4 Å². The van der Waals surface area contributed by atoms with Crippen LogP contribution in [0.2, 0.25) is 0 Å². The number of anilines is 2. The Morgan fingerprint density at radius 3 is 2.10 bits per heavy atom. The summed E-state index contributed by atoms with van der Waals surface area (Å²) in [6.07, 6.45) is 0.345. The van der Waals surface area contributed by atoms with Gasteiger partial charge in [-0.1, -0.05) is 127 Å². The molecule has 2 unspecified atom stereocenters. The zero-order chi connectivity index (χ0) is 33.5. The fourth-order valence-electron chi connectivity index (χ4n) is 6.04. The molecule has 48 heavy (non-hydrogen) atoms. The van der Waals surface area contributed by atoms with Gasteiger partial charge >= 0.3 is 5.97 Å². The lowest BCUT2D eigenvalue weighted by Gasteiger charge is -2.29. The third-order valence-electron chi connectivity index (χ3n) is 8.49. The molecule has 0 aliphatic rings. The van der Waals surface area contributed by atoms with Gasteiger partial charge in [0.25, 0.3) is 0 Å². The van der Waals surface area contributed by atoms with Crippen LogP contribution in [0.25, 0.3) is 21.9 Å². The zero-order valence-electron chi connectivity index (χ0n) is 26.5.